The first-order chi connectivity index (χ1) is 7.11. The third-order valence-corrected chi connectivity index (χ3v) is 2.96. The third kappa shape index (κ3) is 5.14. The van der Waals surface area contributed by atoms with Gasteiger partial charge in [-0.05, 0) is 11.8 Å². The predicted molar refractivity (Wildman–Crippen MR) is 66.9 cm³/mol. The van der Waals surface area contributed by atoms with E-state index in [-0.39, 0.29) is 24.4 Å². The number of hydrogen-bond acceptors (Lipinski definition) is 3. The Balaban J connectivity index is 0.00000225. The average Bonchev–Trinajstić information content (AvgIpc) is 2.26. The summed E-state index contributed by atoms with van der Waals surface area (Å²) in [7, 11) is 0. The summed E-state index contributed by atoms with van der Waals surface area (Å²) in [6, 6.07) is 0. The van der Waals surface area contributed by atoms with Gasteiger partial charge in [0, 0.05) is 19.6 Å². The van der Waals surface area contributed by atoms with Crippen LogP contribution >= 0.6 is 12.4 Å². The molecule has 1 heterocycles. The molecule has 1 aliphatic rings. The van der Waals surface area contributed by atoms with E-state index in [4.69, 9.17) is 4.74 Å². The summed E-state index contributed by atoms with van der Waals surface area (Å²) in [4.78, 5) is 11.6. The van der Waals surface area contributed by atoms with Gasteiger partial charge in [-0.25, -0.2) is 0 Å². The molecule has 0 aromatic carbocycles. The number of carbonyl (C=O) groups excluding carboxylic acids is 1. The molecule has 5 heteroatoms. The Kier molecular flexibility index (Phi) is 7.72. The molecule has 1 aliphatic heterocycles. The van der Waals surface area contributed by atoms with Gasteiger partial charge in [0.1, 0.15) is 6.10 Å². The van der Waals surface area contributed by atoms with Crippen LogP contribution in [0.5, 0.6) is 0 Å². The molecule has 96 valence electrons. The van der Waals surface area contributed by atoms with Crippen molar-refractivity contribution >= 4 is 18.3 Å². The highest BCUT2D eigenvalue weighted by atomic mass is 35.5. The molecular weight excluding hydrogens is 228 g/mol. The van der Waals surface area contributed by atoms with Crippen LogP contribution in [0.15, 0.2) is 0 Å². The first kappa shape index (κ1) is 15.7. The Hall–Kier alpha value is -0.320. The SMILES string of the molecule is CC(C)C(C)CNC(=O)C1CNCCO1.Cl. The van der Waals surface area contributed by atoms with E-state index in [9.17, 15) is 4.79 Å². The minimum atomic E-state index is -0.307. The maximum absolute atomic E-state index is 11.6. The molecule has 4 nitrogen and oxygen atoms in total. The van der Waals surface area contributed by atoms with E-state index in [0.717, 1.165) is 13.1 Å². The van der Waals surface area contributed by atoms with E-state index in [2.05, 4.69) is 31.4 Å². The highest BCUT2D eigenvalue weighted by Crippen LogP contribution is 2.07. The maximum atomic E-state index is 11.6. The lowest BCUT2D eigenvalue weighted by Crippen LogP contribution is -2.48. The average molecular weight is 251 g/mol. The van der Waals surface area contributed by atoms with Crippen LogP contribution in [0, 0.1) is 11.8 Å². The lowest BCUT2D eigenvalue weighted by Gasteiger charge is -2.24. The predicted octanol–water partition coefficient (Wildman–Crippen LogP) is 0.805. The van der Waals surface area contributed by atoms with Crippen LogP contribution in [0.4, 0.5) is 0 Å². The number of nitrogens with one attached hydrogen (secondary N) is 2. The molecule has 1 fully saturated rings. The van der Waals surface area contributed by atoms with Gasteiger partial charge >= 0.3 is 0 Å². The molecule has 2 unspecified atom stereocenters. The van der Waals surface area contributed by atoms with Crippen molar-refractivity contribution in [1.29, 1.82) is 0 Å². The van der Waals surface area contributed by atoms with E-state index in [0.29, 0.717) is 25.0 Å². The molecule has 0 spiro atoms. The highest BCUT2D eigenvalue weighted by molar-refractivity contribution is 5.85. The number of hydrogen-bond donors (Lipinski definition) is 2. The van der Waals surface area contributed by atoms with Crippen molar-refractivity contribution in [3.05, 3.63) is 0 Å². The van der Waals surface area contributed by atoms with Crippen LogP contribution in [0.1, 0.15) is 20.8 Å². The second-order valence-corrected chi connectivity index (χ2v) is 4.53. The summed E-state index contributed by atoms with van der Waals surface area (Å²) >= 11 is 0. The molecule has 0 saturated carbocycles. The Morgan fingerprint density at radius 2 is 2.19 bits per heavy atom. The number of ether oxygens (including phenoxy) is 1. The molecule has 1 amide bonds. The molecule has 16 heavy (non-hydrogen) atoms. The Morgan fingerprint density at radius 3 is 2.69 bits per heavy atom. The molecule has 2 atom stereocenters. The molecule has 2 N–H and O–H groups in total. The van der Waals surface area contributed by atoms with Crippen molar-refractivity contribution in [3.63, 3.8) is 0 Å². The van der Waals surface area contributed by atoms with Gasteiger partial charge < -0.3 is 15.4 Å². The maximum Gasteiger partial charge on any atom is 0.250 e. The van der Waals surface area contributed by atoms with Gasteiger partial charge in [-0.2, -0.15) is 0 Å². The summed E-state index contributed by atoms with van der Waals surface area (Å²) < 4.78 is 5.36. The first-order valence-corrected chi connectivity index (χ1v) is 5.71. The second kappa shape index (κ2) is 7.87. The smallest absolute Gasteiger partial charge is 0.250 e. The number of amides is 1. The lowest BCUT2D eigenvalue weighted by atomic mass is 9.98. The molecule has 0 aliphatic carbocycles. The topological polar surface area (TPSA) is 50.4 Å². The minimum Gasteiger partial charge on any atom is -0.366 e. The van der Waals surface area contributed by atoms with E-state index in [1.54, 1.807) is 0 Å². The Bertz CT molecular complexity index is 206. The molecule has 0 radical (unpaired) electrons. The van der Waals surface area contributed by atoms with Gasteiger partial charge in [-0.1, -0.05) is 20.8 Å². The van der Waals surface area contributed by atoms with Crippen LogP contribution in [-0.4, -0.2) is 38.3 Å². The van der Waals surface area contributed by atoms with Crippen molar-refractivity contribution in [2.24, 2.45) is 11.8 Å². The molecule has 0 aromatic heterocycles. The zero-order chi connectivity index (χ0) is 11.3. The quantitative estimate of drug-likeness (QED) is 0.776. The highest BCUT2D eigenvalue weighted by Gasteiger charge is 2.21. The van der Waals surface area contributed by atoms with Gasteiger partial charge in [0.25, 0.3) is 0 Å². The van der Waals surface area contributed by atoms with Gasteiger partial charge in [-0.3, -0.25) is 4.79 Å². The van der Waals surface area contributed by atoms with Crippen molar-refractivity contribution in [2.45, 2.75) is 26.9 Å². The largest absolute Gasteiger partial charge is 0.366 e. The molecule has 0 aromatic rings. The fraction of sp³-hybridized carbons (Fsp3) is 0.909. The fourth-order valence-corrected chi connectivity index (χ4v) is 1.34. The summed E-state index contributed by atoms with van der Waals surface area (Å²) in [6.07, 6.45) is -0.307. The van der Waals surface area contributed by atoms with Crippen molar-refractivity contribution in [1.82, 2.24) is 10.6 Å². The molecular formula is C11H23ClN2O2. The first-order valence-electron chi connectivity index (χ1n) is 5.71. The van der Waals surface area contributed by atoms with Gasteiger partial charge in [0.2, 0.25) is 5.91 Å². The summed E-state index contributed by atoms with van der Waals surface area (Å²) in [5.74, 6) is 1.11. The van der Waals surface area contributed by atoms with E-state index in [1.165, 1.54) is 0 Å². The normalized spacial score (nSPS) is 22.4. The molecule has 1 saturated heterocycles. The number of halogens is 1. The van der Waals surface area contributed by atoms with Crippen LogP contribution in [0.3, 0.4) is 0 Å². The van der Waals surface area contributed by atoms with Crippen molar-refractivity contribution < 1.29 is 9.53 Å². The van der Waals surface area contributed by atoms with Crippen LogP contribution in [-0.2, 0) is 9.53 Å². The zero-order valence-electron chi connectivity index (χ0n) is 10.3. The number of carbonyl (C=O) groups is 1. The van der Waals surface area contributed by atoms with E-state index < -0.39 is 0 Å². The van der Waals surface area contributed by atoms with Gasteiger partial charge in [0.15, 0.2) is 0 Å². The lowest BCUT2D eigenvalue weighted by molar-refractivity contribution is -0.134. The summed E-state index contributed by atoms with van der Waals surface area (Å²) in [6.45, 7) is 9.29. The standard InChI is InChI=1S/C11H22N2O2.ClH/c1-8(2)9(3)6-13-11(14)10-7-12-4-5-15-10;/h8-10,12H,4-7H2,1-3H3,(H,13,14);1H. The Morgan fingerprint density at radius 1 is 1.50 bits per heavy atom. The fourth-order valence-electron chi connectivity index (χ4n) is 1.34. The van der Waals surface area contributed by atoms with Crippen molar-refractivity contribution in [2.75, 3.05) is 26.2 Å². The van der Waals surface area contributed by atoms with Crippen molar-refractivity contribution in [3.8, 4) is 0 Å². The molecule has 0 bridgehead atoms. The van der Waals surface area contributed by atoms with Crippen LogP contribution in [0.25, 0.3) is 0 Å². The van der Waals surface area contributed by atoms with Gasteiger partial charge in [-0.15, -0.1) is 12.4 Å². The summed E-state index contributed by atoms with van der Waals surface area (Å²) in [5, 5.41) is 6.07. The monoisotopic (exact) mass is 250 g/mol. The second-order valence-electron chi connectivity index (χ2n) is 4.53. The zero-order valence-corrected chi connectivity index (χ0v) is 11.1. The van der Waals surface area contributed by atoms with Crippen LogP contribution in [0.2, 0.25) is 0 Å². The Labute approximate surface area is 104 Å². The summed E-state index contributed by atoms with van der Waals surface area (Å²) in [5.41, 5.74) is 0. The minimum absolute atomic E-state index is 0. The molecule has 1 rings (SSSR count). The van der Waals surface area contributed by atoms with Crippen LogP contribution < -0.4 is 10.6 Å². The van der Waals surface area contributed by atoms with Gasteiger partial charge in [0.05, 0.1) is 6.61 Å². The third-order valence-electron chi connectivity index (χ3n) is 2.96. The van der Waals surface area contributed by atoms with E-state index in [1.807, 2.05) is 0 Å². The van der Waals surface area contributed by atoms with E-state index >= 15 is 0 Å². The number of morpholine rings is 1. The number of rotatable bonds is 4.